The van der Waals surface area contributed by atoms with Gasteiger partial charge in [-0.15, -0.1) is 0 Å². The number of hydrogen-bond acceptors (Lipinski definition) is 4. The molecule has 14 heteroatoms. The minimum absolute atomic E-state index is 0.200. The van der Waals surface area contributed by atoms with Gasteiger partial charge in [0.15, 0.2) is 0 Å². The lowest BCUT2D eigenvalue weighted by molar-refractivity contribution is -0.139. The van der Waals surface area contributed by atoms with Crippen LogP contribution in [-0.4, -0.2) is 44.3 Å². The quantitative estimate of drug-likeness (QED) is 0.199. The van der Waals surface area contributed by atoms with Crippen LogP contribution in [0.2, 0.25) is 15.1 Å². The Kier molecular flexibility index (Phi) is 12.0. The third kappa shape index (κ3) is 8.80. The van der Waals surface area contributed by atoms with E-state index in [4.69, 9.17) is 34.8 Å². The van der Waals surface area contributed by atoms with Crippen molar-refractivity contribution in [2.45, 2.75) is 57.3 Å². The standard InChI is InChI=1S/C30H31Cl3F3N3O4S/c1-4-5-14-37-29(41)20(3)38(17-21-8-9-22(31)15-27(21)33)28(40)18-39(44(42,43)24-11-6-19(2)7-12-24)23-10-13-26(32)25(16-23)30(34,35)36/h6-13,15-16,20H,4-5,14,17-18H2,1-3H3,(H,37,41)/t20-/m0/s1. The molecule has 0 saturated heterocycles. The van der Waals surface area contributed by atoms with Crippen LogP contribution in [0.15, 0.2) is 65.6 Å². The molecule has 0 spiro atoms. The number of hydrogen-bond donors (Lipinski definition) is 1. The number of aryl methyl sites for hydroxylation is 1. The molecule has 0 heterocycles. The average Bonchev–Trinajstić information content (AvgIpc) is 2.95. The van der Waals surface area contributed by atoms with Crippen LogP contribution in [0.5, 0.6) is 0 Å². The van der Waals surface area contributed by atoms with E-state index in [1.165, 1.54) is 43.3 Å². The molecule has 238 valence electrons. The molecule has 0 aliphatic carbocycles. The Morgan fingerprint density at radius 1 is 0.955 bits per heavy atom. The van der Waals surface area contributed by atoms with Crippen LogP contribution in [0, 0.1) is 6.92 Å². The maximum atomic E-state index is 14.0. The highest BCUT2D eigenvalue weighted by atomic mass is 35.5. The Hall–Kier alpha value is -2.99. The van der Waals surface area contributed by atoms with Gasteiger partial charge in [-0.25, -0.2) is 8.42 Å². The number of rotatable bonds is 12. The summed E-state index contributed by atoms with van der Waals surface area (Å²) in [7, 11) is -4.59. The highest BCUT2D eigenvalue weighted by molar-refractivity contribution is 7.92. The highest BCUT2D eigenvalue weighted by Crippen LogP contribution is 2.38. The van der Waals surface area contributed by atoms with Crippen molar-refractivity contribution in [1.29, 1.82) is 0 Å². The number of sulfonamides is 1. The van der Waals surface area contributed by atoms with Crippen LogP contribution in [0.1, 0.15) is 43.4 Å². The summed E-state index contributed by atoms with van der Waals surface area (Å²) in [6, 6.07) is 11.6. The van der Waals surface area contributed by atoms with Crippen LogP contribution in [0.4, 0.5) is 18.9 Å². The first-order valence-electron chi connectivity index (χ1n) is 13.5. The zero-order chi connectivity index (χ0) is 32.8. The summed E-state index contributed by atoms with van der Waals surface area (Å²) in [6.07, 6.45) is -3.40. The van der Waals surface area contributed by atoms with Crippen molar-refractivity contribution >= 4 is 62.3 Å². The van der Waals surface area contributed by atoms with Crippen LogP contribution in [0.3, 0.4) is 0 Å². The minimum atomic E-state index is -4.90. The van der Waals surface area contributed by atoms with Gasteiger partial charge in [-0.1, -0.05) is 71.9 Å². The number of carbonyl (C=O) groups is 2. The van der Waals surface area contributed by atoms with Crippen molar-refractivity contribution in [3.8, 4) is 0 Å². The largest absolute Gasteiger partial charge is 0.417 e. The Labute approximate surface area is 269 Å². The predicted octanol–water partition coefficient (Wildman–Crippen LogP) is 7.50. The van der Waals surface area contributed by atoms with Gasteiger partial charge >= 0.3 is 6.18 Å². The second kappa shape index (κ2) is 14.9. The summed E-state index contributed by atoms with van der Waals surface area (Å²) in [4.78, 5) is 27.9. The maximum absolute atomic E-state index is 14.0. The van der Waals surface area contributed by atoms with Crippen molar-refractivity contribution in [2.24, 2.45) is 0 Å². The molecule has 0 bridgehead atoms. The fourth-order valence-corrected chi connectivity index (χ4v) is 6.30. The Morgan fingerprint density at radius 3 is 2.20 bits per heavy atom. The summed E-state index contributed by atoms with van der Waals surface area (Å²) in [5.41, 5.74) is -0.565. The Morgan fingerprint density at radius 2 is 1.61 bits per heavy atom. The smallest absolute Gasteiger partial charge is 0.354 e. The van der Waals surface area contributed by atoms with Crippen LogP contribution in [0.25, 0.3) is 0 Å². The number of alkyl halides is 3. The summed E-state index contributed by atoms with van der Waals surface area (Å²) in [5, 5.41) is 2.64. The van der Waals surface area contributed by atoms with Crippen molar-refractivity contribution in [2.75, 3.05) is 17.4 Å². The number of unbranched alkanes of at least 4 members (excludes halogenated alkanes) is 1. The van der Waals surface area contributed by atoms with Crippen molar-refractivity contribution < 1.29 is 31.2 Å². The number of nitrogens with one attached hydrogen (secondary N) is 1. The Balaban J connectivity index is 2.12. The summed E-state index contributed by atoms with van der Waals surface area (Å²) < 4.78 is 69.7. The molecule has 3 rings (SSSR count). The zero-order valence-corrected chi connectivity index (χ0v) is 27.2. The van der Waals surface area contributed by atoms with Gasteiger partial charge in [0.1, 0.15) is 12.6 Å². The normalized spacial score (nSPS) is 12.5. The SMILES string of the molecule is CCCCNC(=O)[C@H](C)N(Cc1ccc(Cl)cc1Cl)C(=O)CN(c1ccc(Cl)c(C(F)(F)F)c1)S(=O)(=O)c1ccc(C)cc1. The Bertz CT molecular complexity index is 1600. The van der Waals surface area contributed by atoms with Gasteiger partial charge in [0.05, 0.1) is 21.2 Å². The molecule has 0 saturated carbocycles. The van der Waals surface area contributed by atoms with Gasteiger partial charge in [-0.3, -0.25) is 13.9 Å². The third-order valence-corrected chi connectivity index (χ3v) is 9.49. The molecule has 2 amide bonds. The number of amides is 2. The van der Waals surface area contributed by atoms with Gasteiger partial charge in [0, 0.05) is 23.1 Å². The van der Waals surface area contributed by atoms with Gasteiger partial charge < -0.3 is 10.2 Å². The van der Waals surface area contributed by atoms with E-state index in [1.807, 2.05) is 6.92 Å². The molecule has 0 fully saturated rings. The second-order valence-corrected chi connectivity index (χ2v) is 13.2. The molecule has 0 aliphatic heterocycles. The first kappa shape index (κ1) is 35.5. The fourth-order valence-electron chi connectivity index (χ4n) is 4.20. The molecule has 1 N–H and O–H groups in total. The molecule has 0 radical (unpaired) electrons. The van der Waals surface area contributed by atoms with E-state index in [1.54, 1.807) is 13.0 Å². The predicted molar refractivity (Wildman–Crippen MR) is 167 cm³/mol. The van der Waals surface area contributed by atoms with E-state index in [-0.39, 0.29) is 16.5 Å². The van der Waals surface area contributed by atoms with Crippen LogP contribution < -0.4 is 9.62 Å². The van der Waals surface area contributed by atoms with Crippen molar-refractivity contribution in [3.05, 3.63) is 92.4 Å². The molecule has 0 aliphatic rings. The first-order chi connectivity index (χ1) is 20.6. The maximum Gasteiger partial charge on any atom is 0.417 e. The second-order valence-electron chi connectivity index (χ2n) is 10.1. The lowest BCUT2D eigenvalue weighted by Crippen LogP contribution is -2.51. The number of benzene rings is 3. The van der Waals surface area contributed by atoms with E-state index in [9.17, 15) is 31.2 Å². The lowest BCUT2D eigenvalue weighted by atomic mass is 10.1. The topological polar surface area (TPSA) is 86.8 Å². The molecule has 3 aromatic carbocycles. The monoisotopic (exact) mass is 691 g/mol. The van der Waals surface area contributed by atoms with E-state index in [0.29, 0.717) is 33.9 Å². The molecule has 7 nitrogen and oxygen atoms in total. The molecular formula is C30H31Cl3F3N3O4S. The van der Waals surface area contributed by atoms with Gasteiger partial charge in [-0.05, 0) is 68.3 Å². The molecule has 0 aromatic heterocycles. The van der Waals surface area contributed by atoms with Gasteiger partial charge in [0.2, 0.25) is 11.8 Å². The molecule has 44 heavy (non-hydrogen) atoms. The first-order valence-corrected chi connectivity index (χ1v) is 16.1. The number of nitrogens with zero attached hydrogens (tertiary/aromatic N) is 2. The van der Waals surface area contributed by atoms with E-state index >= 15 is 0 Å². The van der Waals surface area contributed by atoms with E-state index in [0.717, 1.165) is 29.0 Å². The number of anilines is 1. The fraction of sp³-hybridized carbons (Fsp3) is 0.333. The third-order valence-electron chi connectivity index (χ3n) is 6.78. The minimum Gasteiger partial charge on any atom is -0.354 e. The average molecular weight is 693 g/mol. The van der Waals surface area contributed by atoms with Crippen molar-refractivity contribution in [3.63, 3.8) is 0 Å². The van der Waals surface area contributed by atoms with E-state index in [2.05, 4.69) is 5.32 Å². The molecule has 1 atom stereocenters. The number of halogens is 6. The van der Waals surface area contributed by atoms with Crippen LogP contribution >= 0.6 is 34.8 Å². The molecule has 3 aromatic rings. The van der Waals surface area contributed by atoms with Gasteiger partial charge in [-0.2, -0.15) is 13.2 Å². The molecular weight excluding hydrogens is 662 g/mol. The summed E-state index contributed by atoms with van der Waals surface area (Å²) in [5.74, 6) is -1.37. The lowest BCUT2D eigenvalue weighted by Gasteiger charge is -2.32. The summed E-state index contributed by atoms with van der Waals surface area (Å²) >= 11 is 18.2. The van der Waals surface area contributed by atoms with Gasteiger partial charge in [0.25, 0.3) is 10.0 Å². The van der Waals surface area contributed by atoms with E-state index < -0.39 is 56.9 Å². The zero-order valence-electron chi connectivity index (χ0n) is 24.1. The summed E-state index contributed by atoms with van der Waals surface area (Å²) in [6.45, 7) is 4.34. The number of carbonyl (C=O) groups excluding carboxylic acids is 2. The van der Waals surface area contributed by atoms with Crippen LogP contribution in [-0.2, 0) is 32.3 Å². The van der Waals surface area contributed by atoms with Crippen molar-refractivity contribution in [1.82, 2.24) is 10.2 Å². The highest BCUT2D eigenvalue weighted by Gasteiger charge is 2.37. The molecule has 0 unspecified atom stereocenters.